The van der Waals surface area contributed by atoms with Crippen LogP contribution in [0.1, 0.15) is 5.56 Å². The number of halogens is 3. The number of nitrogens with one attached hydrogen (secondary N) is 1. The van der Waals surface area contributed by atoms with Gasteiger partial charge in [-0.2, -0.15) is 0 Å². The molecule has 2 rings (SSSR count). The molecule has 5 nitrogen and oxygen atoms in total. The SMILES string of the molecule is Cn1cc(CNc2c(Cl)cc(F)cc2Br)c(=O)n(C)c1=O. The topological polar surface area (TPSA) is 56.0 Å². The van der Waals surface area contributed by atoms with Gasteiger partial charge in [-0.25, -0.2) is 9.18 Å². The summed E-state index contributed by atoms with van der Waals surface area (Å²) in [5.41, 5.74) is 0.0885. The molecule has 0 bridgehead atoms. The van der Waals surface area contributed by atoms with Gasteiger partial charge in [0.25, 0.3) is 5.56 Å². The van der Waals surface area contributed by atoms with Gasteiger partial charge in [0.05, 0.1) is 16.3 Å². The summed E-state index contributed by atoms with van der Waals surface area (Å²) in [6, 6.07) is 2.44. The van der Waals surface area contributed by atoms with Crippen molar-refractivity contribution < 1.29 is 4.39 Å². The summed E-state index contributed by atoms with van der Waals surface area (Å²) in [6.07, 6.45) is 1.46. The molecule has 0 fully saturated rings. The highest BCUT2D eigenvalue weighted by Crippen LogP contribution is 2.31. The zero-order valence-corrected chi connectivity index (χ0v) is 13.6. The molecule has 0 aliphatic rings. The van der Waals surface area contributed by atoms with E-state index in [1.54, 1.807) is 7.05 Å². The molecule has 0 unspecified atom stereocenters. The molecule has 1 aromatic carbocycles. The van der Waals surface area contributed by atoms with E-state index in [0.29, 0.717) is 15.7 Å². The fourth-order valence-electron chi connectivity index (χ4n) is 1.90. The fraction of sp³-hybridized carbons (Fsp3) is 0.231. The summed E-state index contributed by atoms with van der Waals surface area (Å²) in [6.45, 7) is 0.157. The molecule has 0 atom stereocenters. The smallest absolute Gasteiger partial charge is 0.330 e. The third-order valence-corrected chi connectivity index (χ3v) is 3.90. The van der Waals surface area contributed by atoms with Gasteiger partial charge in [-0.15, -0.1) is 0 Å². The number of benzene rings is 1. The molecule has 0 aliphatic heterocycles. The third kappa shape index (κ3) is 3.19. The van der Waals surface area contributed by atoms with E-state index in [2.05, 4.69) is 21.2 Å². The number of hydrogen-bond donors (Lipinski definition) is 1. The van der Waals surface area contributed by atoms with Crippen LogP contribution >= 0.6 is 27.5 Å². The average Bonchev–Trinajstić information content (AvgIpc) is 2.40. The second-order valence-corrected chi connectivity index (χ2v) is 5.77. The molecule has 0 radical (unpaired) electrons. The molecule has 2 aromatic rings. The van der Waals surface area contributed by atoms with Gasteiger partial charge in [0, 0.05) is 31.3 Å². The van der Waals surface area contributed by atoms with Crippen LogP contribution in [0, 0.1) is 5.82 Å². The van der Waals surface area contributed by atoms with Crippen LogP contribution in [-0.4, -0.2) is 9.13 Å². The molecular weight excluding hydrogens is 365 g/mol. The highest BCUT2D eigenvalue weighted by atomic mass is 79.9. The lowest BCUT2D eigenvalue weighted by Gasteiger charge is -2.12. The van der Waals surface area contributed by atoms with Crippen molar-refractivity contribution in [2.24, 2.45) is 14.1 Å². The number of anilines is 1. The summed E-state index contributed by atoms with van der Waals surface area (Å²) in [7, 11) is 2.97. The Morgan fingerprint density at radius 3 is 2.62 bits per heavy atom. The maximum absolute atomic E-state index is 13.2. The first-order valence-corrected chi connectivity index (χ1v) is 7.12. The second kappa shape index (κ2) is 6.03. The van der Waals surface area contributed by atoms with Crippen molar-refractivity contribution in [3.05, 3.63) is 60.0 Å². The van der Waals surface area contributed by atoms with Gasteiger partial charge >= 0.3 is 5.69 Å². The molecule has 0 saturated heterocycles. The van der Waals surface area contributed by atoms with E-state index in [1.165, 1.54) is 29.9 Å². The van der Waals surface area contributed by atoms with E-state index in [1.807, 2.05) is 0 Å². The van der Waals surface area contributed by atoms with Crippen molar-refractivity contribution in [1.29, 1.82) is 0 Å². The van der Waals surface area contributed by atoms with Gasteiger partial charge in [0.1, 0.15) is 5.82 Å². The zero-order valence-electron chi connectivity index (χ0n) is 11.3. The molecule has 0 amide bonds. The summed E-state index contributed by atoms with van der Waals surface area (Å²) in [5.74, 6) is -0.463. The van der Waals surface area contributed by atoms with Crippen LogP contribution in [0.3, 0.4) is 0 Å². The first kappa shape index (κ1) is 15.8. The van der Waals surface area contributed by atoms with Gasteiger partial charge in [0.2, 0.25) is 0 Å². The molecule has 21 heavy (non-hydrogen) atoms. The molecule has 0 saturated carbocycles. The molecular formula is C13H12BrClFN3O2. The highest BCUT2D eigenvalue weighted by Gasteiger charge is 2.10. The number of nitrogens with zero attached hydrogens (tertiary/aromatic N) is 2. The number of aryl methyl sites for hydroxylation is 1. The highest BCUT2D eigenvalue weighted by molar-refractivity contribution is 9.10. The van der Waals surface area contributed by atoms with Crippen molar-refractivity contribution in [2.75, 3.05) is 5.32 Å². The van der Waals surface area contributed by atoms with Crippen molar-refractivity contribution in [1.82, 2.24) is 9.13 Å². The Bertz CT molecular complexity index is 793. The minimum Gasteiger partial charge on any atom is -0.379 e. The Morgan fingerprint density at radius 2 is 2.00 bits per heavy atom. The first-order valence-electron chi connectivity index (χ1n) is 5.95. The lowest BCUT2D eigenvalue weighted by Crippen LogP contribution is -2.38. The van der Waals surface area contributed by atoms with Crippen molar-refractivity contribution in [3.8, 4) is 0 Å². The van der Waals surface area contributed by atoms with E-state index < -0.39 is 11.5 Å². The van der Waals surface area contributed by atoms with Crippen LogP contribution < -0.4 is 16.6 Å². The van der Waals surface area contributed by atoms with Crippen LogP contribution in [0.2, 0.25) is 5.02 Å². The first-order chi connectivity index (χ1) is 9.81. The number of rotatable bonds is 3. The second-order valence-electron chi connectivity index (χ2n) is 4.51. The standard InChI is InChI=1S/C13H12BrClFN3O2/c1-18-6-7(12(20)19(2)13(18)21)5-17-11-9(14)3-8(16)4-10(11)15/h3-4,6,17H,5H2,1-2H3. The maximum atomic E-state index is 13.2. The van der Waals surface area contributed by atoms with Crippen molar-refractivity contribution in [3.63, 3.8) is 0 Å². The van der Waals surface area contributed by atoms with Crippen LogP contribution in [0.25, 0.3) is 0 Å². The average molecular weight is 377 g/mol. The maximum Gasteiger partial charge on any atom is 0.330 e. The predicted octanol–water partition coefficient (Wildman–Crippen LogP) is 2.25. The minimum atomic E-state index is -0.463. The lowest BCUT2D eigenvalue weighted by molar-refractivity contribution is 0.627. The Hall–Kier alpha value is -1.60. The van der Waals surface area contributed by atoms with E-state index in [9.17, 15) is 14.0 Å². The van der Waals surface area contributed by atoms with E-state index in [-0.39, 0.29) is 17.1 Å². The van der Waals surface area contributed by atoms with Gasteiger partial charge in [-0.3, -0.25) is 9.36 Å². The van der Waals surface area contributed by atoms with Crippen LogP contribution in [-0.2, 0) is 20.6 Å². The fourth-order valence-corrected chi connectivity index (χ4v) is 2.86. The Labute approximate surface area is 133 Å². The summed E-state index contributed by atoms with van der Waals surface area (Å²) in [4.78, 5) is 23.6. The van der Waals surface area contributed by atoms with E-state index in [4.69, 9.17) is 11.6 Å². The third-order valence-electron chi connectivity index (χ3n) is 2.98. The Balaban J connectivity index is 2.34. The molecule has 0 aliphatic carbocycles. The molecule has 8 heteroatoms. The molecule has 1 heterocycles. The minimum absolute atomic E-state index is 0.157. The monoisotopic (exact) mass is 375 g/mol. The largest absolute Gasteiger partial charge is 0.379 e. The normalized spacial score (nSPS) is 10.7. The van der Waals surface area contributed by atoms with Crippen molar-refractivity contribution >= 4 is 33.2 Å². The zero-order chi connectivity index (χ0) is 15.7. The quantitative estimate of drug-likeness (QED) is 0.894. The van der Waals surface area contributed by atoms with Gasteiger partial charge in [0.15, 0.2) is 0 Å². The van der Waals surface area contributed by atoms with E-state index in [0.717, 1.165) is 4.57 Å². The summed E-state index contributed by atoms with van der Waals surface area (Å²) in [5, 5.41) is 3.16. The lowest BCUT2D eigenvalue weighted by atomic mass is 10.2. The summed E-state index contributed by atoms with van der Waals surface area (Å²) >= 11 is 9.16. The predicted molar refractivity (Wildman–Crippen MR) is 83.4 cm³/mol. The number of hydrogen-bond acceptors (Lipinski definition) is 3. The van der Waals surface area contributed by atoms with Crippen molar-refractivity contribution in [2.45, 2.75) is 6.54 Å². The van der Waals surface area contributed by atoms with Crippen LogP contribution in [0.5, 0.6) is 0 Å². The molecule has 0 spiro atoms. The Kier molecular flexibility index (Phi) is 4.53. The van der Waals surface area contributed by atoms with Gasteiger partial charge in [-0.05, 0) is 28.1 Å². The summed E-state index contributed by atoms with van der Waals surface area (Å²) < 4.78 is 16.0. The van der Waals surface area contributed by atoms with Crippen LogP contribution in [0.15, 0.2) is 32.4 Å². The molecule has 1 N–H and O–H groups in total. The molecule has 1 aromatic heterocycles. The van der Waals surface area contributed by atoms with E-state index >= 15 is 0 Å². The van der Waals surface area contributed by atoms with Gasteiger partial charge in [-0.1, -0.05) is 11.6 Å². The van der Waals surface area contributed by atoms with Crippen LogP contribution in [0.4, 0.5) is 10.1 Å². The molecule has 112 valence electrons. The van der Waals surface area contributed by atoms with Gasteiger partial charge < -0.3 is 9.88 Å². The number of aromatic nitrogens is 2. The Morgan fingerprint density at radius 1 is 1.33 bits per heavy atom.